The van der Waals surface area contributed by atoms with E-state index in [1.807, 2.05) is 0 Å². The van der Waals surface area contributed by atoms with E-state index in [0.29, 0.717) is 10.0 Å². The quantitative estimate of drug-likeness (QED) is 0.911. The Morgan fingerprint density at radius 3 is 2.53 bits per heavy atom. The van der Waals surface area contributed by atoms with Crippen LogP contribution in [0.15, 0.2) is 29.6 Å². The maximum atomic E-state index is 12.0. The molecule has 4 nitrogen and oxygen atoms in total. The predicted octanol–water partition coefficient (Wildman–Crippen LogP) is 3.41. The summed E-state index contributed by atoms with van der Waals surface area (Å²) in [4.78, 5) is 23.2. The number of carbonyl (C=O) groups excluding carboxylic acids is 2. The molecule has 0 aliphatic heterocycles. The highest BCUT2D eigenvalue weighted by atomic mass is 35.5. The van der Waals surface area contributed by atoms with Crippen molar-refractivity contribution in [2.45, 2.75) is 0 Å². The Balaban J connectivity index is 2.26. The number of hydrogen-bond acceptors (Lipinski definition) is 3. The highest BCUT2D eigenvalue weighted by Crippen LogP contribution is 2.26. The second-order valence-corrected chi connectivity index (χ2v) is 5.37. The van der Waals surface area contributed by atoms with E-state index in [4.69, 9.17) is 28.9 Å². The molecule has 0 fully saturated rings. The first-order valence-electron chi connectivity index (χ1n) is 5.12. The number of rotatable bonds is 3. The highest BCUT2D eigenvalue weighted by molar-refractivity contribution is 7.14. The van der Waals surface area contributed by atoms with Gasteiger partial charge in [0.05, 0.1) is 16.1 Å². The molecule has 1 aromatic heterocycles. The van der Waals surface area contributed by atoms with Crippen LogP contribution in [0.4, 0.5) is 5.00 Å². The van der Waals surface area contributed by atoms with Crippen LogP contribution in [-0.4, -0.2) is 11.8 Å². The third-order valence-corrected chi connectivity index (χ3v) is 3.71. The van der Waals surface area contributed by atoms with Gasteiger partial charge in [-0.15, -0.1) is 11.3 Å². The van der Waals surface area contributed by atoms with Gasteiger partial charge < -0.3 is 11.1 Å². The van der Waals surface area contributed by atoms with Crippen molar-refractivity contribution in [2.75, 3.05) is 5.32 Å². The van der Waals surface area contributed by atoms with Crippen molar-refractivity contribution in [3.63, 3.8) is 0 Å². The zero-order chi connectivity index (χ0) is 14.0. The summed E-state index contributed by atoms with van der Waals surface area (Å²) in [6, 6.07) is 6.09. The number of halogens is 2. The van der Waals surface area contributed by atoms with Gasteiger partial charge in [0.2, 0.25) is 0 Å². The molecule has 0 spiro atoms. The average molecular weight is 315 g/mol. The van der Waals surface area contributed by atoms with Gasteiger partial charge in [-0.1, -0.05) is 23.2 Å². The van der Waals surface area contributed by atoms with E-state index in [1.54, 1.807) is 17.5 Å². The van der Waals surface area contributed by atoms with E-state index in [9.17, 15) is 9.59 Å². The summed E-state index contributed by atoms with van der Waals surface area (Å²) < 4.78 is 0. The van der Waals surface area contributed by atoms with Gasteiger partial charge in [0.15, 0.2) is 0 Å². The summed E-state index contributed by atoms with van der Waals surface area (Å²) in [6.07, 6.45) is 0. The van der Waals surface area contributed by atoms with Gasteiger partial charge in [-0.3, -0.25) is 9.59 Å². The van der Waals surface area contributed by atoms with Gasteiger partial charge in [0.25, 0.3) is 11.8 Å². The van der Waals surface area contributed by atoms with Crippen LogP contribution < -0.4 is 11.1 Å². The van der Waals surface area contributed by atoms with Crippen molar-refractivity contribution < 1.29 is 9.59 Å². The second-order valence-electron chi connectivity index (χ2n) is 3.61. The minimum Gasteiger partial charge on any atom is -0.366 e. The van der Waals surface area contributed by atoms with Crippen LogP contribution in [0.5, 0.6) is 0 Å². The van der Waals surface area contributed by atoms with E-state index < -0.39 is 11.8 Å². The molecule has 0 unspecified atom stereocenters. The summed E-state index contributed by atoms with van der Waals surface area (Å²) in [5, 5.41) is 5.34. The van der Waals surface area contributed by atoms with E-state index in [1.165, 1.54) is 23.5 Å². The molecule has 0 aliphatic rings. The first kappa shape index (κ1) is 13.9. The fourth-order valence-electron chi connectivity index (χ4n) is 1.44. The Morgan fingerprint density at radius 1 is 1.16 bits per heavy atom. The molecule has 0 aliphatic carbocycles. The molecule has 0 saturated carbocycles. The second kappa shape index (κ2) is 5.61. The van der Waals surface area contributed by atoms with Crippen LogP contribution in [-0.2, 0) is 0 Å². The number of amides is 2. The number of nitrogens with one attached hydrogen (secondary N) is 1. The first-order valence-corrected chi connectivity index (χ1v) is 6.76. The molecule has 1 aromatic carbocycles. The number of carbonyl (C=O) groups is 2. The zero-order valence-corrected chi connectivity index (χ0v) is 11.8. The molecular weight excluding hydrogens is 307 g/mol. The molecule has 0 bridgehead atoms. The van der Waals surface area contributed by atoms with E-state index in [-0.39, 0.29) is 16.1 Å². The molecule has 98 valence electrons. The van der Waals surface area contributed by atoms with Gasteiger partial charge in [-0.25, -0.2) is 0 Å². The third-order valence-electron chi connectivity index (χ3n) is 2.33. The third kappa shape index (κ3) is 3.07. The smallest absolute Gasteiger partial charge is 0.257 e. The average Bonchev–Trinajstić information content (AvgIpc) is 2.76. The van der Waals surface area contributed by atoms with Gasteiger partial charge >= 0.3 is 0 Å². The van der Waals surface area contributed by atoms with Crippen LogP contribution in [0, 0.1) is 0 Å². The van der Waals surface area contributed by atoms with Crippen LogP contribution in [0.2, 0.25) is 10.0 Å². The molecular formula is C12H8Cl2N2O2S. The minimum atomic E-state index is -0.598. The number of hydrogen-bond donors (Lipinski definition) is 2. The number of thiophene rings is 1. The monoisotopic (exact) mass is 314 g/mol. The summed E-state index contributed by atoms with van der Waals surface area (Å²) in [6.45, 7) is 0. The molecule has 0 radical (unpaired) electrons. The van der Waals surface area contributed by atoms with Crippen LogP contribution in [0.3, 0.4) is 0 Å². The Morgan fingerprint density at radius 2 is 1.89 bits per heavy atom. The zero-order valence-electron chi connectivity index (χ0n) is 9.44. The summed E-state index contributed by atoms with van der Waals surface area (Å²) in [7, 11) is 0. The summed E-state index contributed by atoms with van der Waals surface area (Å²) >= 11 is 12.9. The van der Waals surface area contributed by atoms with Gasteiger partial charge in [-0.2, -0.15) is 0 Å². The maximum Gasteiger partial charge on any atom is 0.257 e. The van der Waals surface area contributed by atoms with Crippen LogP contribution >= 0.6 is 34.5 Å². The van der Waals surface area contributed by atoms with E-state index >= 15 is 0 Å². The SMILES string of the molecule is NC(=O)c1ccsc1NC(=O)c1ccc(Cl)cc1Cl. The van der Waals surface area contributed by atoms with Gasteiger partial charge in [-0.05, 0) is 29.6 Å². The molecule has 2 amide bonds. The number of primary amides is 1. The summed E-state index contributed by atoms with van der Waals surface area (Å²) in [5.74, 6) is -1.02. The van der Waals surface area contributed by atoms with Crippen LogP contribution in [0.25, 0.3) is 0 Å². The lowest BCUT2D eigenvalue weighted by atomic mass is 10.2. The van der Waals surface area contributed by atoms with Crippen molar-refractivity contribution in [3.05, 3.63) is 50.8 Å². The van der Waals surface area contributed by atoms with E-state index in [2.05, 4.69) is 5.32 Å². The number of anilines is 1. The molecule has 2 aromatic rings. The standard InChI is InChI=1S/C12H8Cl2N2O2S/c13-6-1-2-7(9(14)5-6)11(18)16-12-8(10(15)17)3-4-19-12/h1-5H,(H2,15,17)(H,16,18). The number of nitrogens with two attached hydrogens (primary N) is 1. The van der Waals surface area contributed by atoms with Crippen molar-refractivity contribution >= 4 is 51.4 Å². The number of benzene rings is 1. The Hall–Kier alpha value is -1.56. The molecule has 1 heterocycles. The first-order chi connectivity index (χ1) is 8.99. The molecule has 2 rings (SSSR count). The summed E-state index contributed by atoms with van der Waals surface area (Å²) in [5.41, 5.74) is 5.74. The lowest BCUT2D eigenvalue weighted by Gasteiger charge is -2.06. The fraction of sp³-hybridized carbons (Fsp3) is 0. The van der Waals surface area contributed by atoms with E-state index in [0.717, 1.165) is 0 Å². The van der Waals surface area contributed by atoms with Crippen molar-refractivity contribution in [3.8, 4) is 0 Å². The lowest BCUT2D eigenvalue weighted by molar-refractivity contribution is 0.100. The minimum absolute atomic E-state index is 0.238. The van der Waals surface area contributed by atoms with Gasteiger partial charge in [0.1, 0.15) is 5.00 Å². The van der Waals surface area contributed by atoms with Crippen LogP contribution in [0.1, 0.15) is 20.7 Å². The predicted molar refractivity (Wildman–Crippen MR) is 77.3 cm³/mol. The fourth-order valence-corrected chi connectivity index (χ4v) is 2.73. The topological polar surface area (TPSA) is 72.2 Å². The maximum absolute atomic E-state index is 12.0. The molecule has 0 saturated heterocycles. The van der Waals surface area contributed by atoms with Gasteiger partial charge in [0, 0.05) is 5.02 Å². The Bertz CT molecular complexity index is 655. The highest BCUT2D eigenvalue weighted by Gasteiger charge is 2.15. The van der Waals surface area contributed by atoms with Crippen molar-refractivity contribution in [1.82, 2.24) is 0 Å². The Labute approximate surface area is 123 Å². The molecule has 7 heteroatoms. The lowest BCUT2D eigenvalue weighted by Crippen LogP contribution is -2.16. The normalized spacial score (nSPS) is 10.2. The molecule has 19 heavy (non-hydrogen) atoms. The largest absolute Gasteiger partial charge is 0.366 e. The molecule has 0 atom stereocenters. The Kier molecular flexibility index (Phi) is 4.09. The molecule has 3 N–H and O–H groups in total. The van der Waals surface area contributed by atoms with Crippen molar-refractivity contribution in [2.24, 2.45) is 5.73 Å². The van der Waals surface area contributed by atoms with Crippen molar-refractivity contribution in [1.29, 1.82) is 0 Å².